The number of aromatic amines is 1. The number of thioether (sulfide) groups is 1. The van der Waals surface area contributed by atoms with Gasteiger partial charge in [0.25, 0.3) is 0 Å². The summed E-state index contributed by atoms with van der Waals surface area (Å²) in [5, 5.41) is 14.9. The Morgan fingerprint density at radius 1 is 1.08 bits per heavy atom. The van der Waals surface area contributed by atoms with Crippen LogP contribution < -0.4 is 5.73 Å². The number of H-pyrrole nitrogens is 1. The van der Waals surface area contributed by atoms with Crippen LogP contribution in [0.3, 0.4) is 0 Å². The molecule has 9 heteroatoms. The summed E-state index contributed by atoms with van der Waals surface area (Å²) in [5.74, 6) is 1.43. The lowest BCUT2D eigenvalue weighted by atomic mass is 10.2. The fourth-order valence-electron chi connectivity index (χ4n) is 2.62. The number of benzene rings is 2. The SMILES string of the molecule is Nc1ccc(-c2nn3c(CSc4nc5ccccc5[nH]4)nnc3s2)cc1. The summed E-state index contributed by atoms with van der Waals surface area (Å²) in [6.07, 6.45) is 0. The molecule has 5 rings (SSSR count). The minimum Gasteiger partial charge on any atom is -0.399 e. The Morgan fingerprint density at radius 2 is 1.92 bits per heavy atom. The van der Waals surface area contributed by atoms with Gasteiger partial charge in [-0.1, -0.05) is 35.2 Å². The molecule has 5 aromatic rings. The van der Waals surface area contributed by atoms with Crippen molar-refractivity contribution in [1.29, 1.82) is 0 Å². The number of fused-ring (bicyclic) bond motifs is 2. The molecule has 3 aromatic heterocycles. The van der Waals surface area contributed by atoms with Gasteiger partial charge in [-0.15, -0.1) is 10.2 Å². The van der Waals surface area contributed by atoms with E-state index < -0.39 is 0 Å². The molecule has 0 fully saturated rings. The van der Waals surface area contributed by atoms with E-state index in [1.165, 1.54) is 11.3 Å². The van der Waals surface area contributed by atoms with Crippen molar-refractivity contribution < 1.29 is 0 Å². The van der Waals surface area contributed by atoms with Crippen LogP contribution in [0.4, 0.5) is 5.69 Å². The summed E-state index contributed by atoms with van der Waals surface area (Å²) in [5.41, 5.74) is 9.49. The van der Waals surface area contributed by atoms with Crippen LogP contribution in [-0.4, -0.2) is 29.8 Å². The maximum Gasteiger partial charge on any atom is 0.235 e. The van der Waals surface area contributed by atoms with Crippen molar-refractivity contribution in [3.63, 3.8) is 0 Å². The number of anilines is 1. The summed E-state index contributed by atoms with van der Waals surface area (Å²) >= 11 is 3.09. The first-order valence-electron chi connectivity index (χ1n) is 7.91. The highest BCUT2D eigenvalue weighted by Gasteiger charge is 2.14. The van der Waals surface area contributed by atoms with Crippen molar-refractivity contribution in [3.8, 4) is 10.6 Å². The van der Waals surface area contributed by atoms with Crippen molar-refractivity contribution in [1.82, 2.24) is 29.8 Å². The van der Waals surface area contributed by atoms with Crippen LogP contribution in [0.25, 0.3) is 26.6 Å². The van der Waals surface area contributed by atoms with Crippen LogP contribution in [0.15, 0.2) is 53.7 Å². The number of rotatable bonds is 4. The molecule has 0 radical (unpaired) electrons. The van der Waals surface area contributed by atoms with Gasteiger partial charge in [-0.25, -0.2) is 4.98 Å². The minimum absolute atomic E-state index is 0.631. The number of para-hydroxylation sites is 2. The molecular weight excluding hydrogens is 366 g/mol. The molecular formula is C17H13N7S2. The maximum atomic E-state index is 5.75. The number of imidazole rings is 1. The highest BCUT2D eigenvalue weighted by Crippen LogP contribution is 2.28. The van der Waals surface area contributed by atoms with E-state index in [0.29, 0.717) is 5.75 Å². The number of hydrogen-bond donors (Lipinski definition) is 2. The van der Waals surface area contributed by atoms with Crippen molar-refractivity contribution in [2.75, 3.05) is 5.73 Å². The molecule has 0 saturated carbocycles. The minimum atomic E-state index is 0.631. The molecule has 26 heavy (non-hydrogen) atoms. The summed E-state index contributed by atoms with van der Waals surface area (Å²) in [4.78, 5) is 8.66. The molecule has 0 amide bonds. The van der Waals surface area contributed by atoms with Crippen LogP contribution in [0.2, 0.25) is 0 Å². The molecule has 128 valence electrons. The number of nitrogens with one attached hydrogen (secondary N) is 1. The average Bonchev–Trinajstić information content (AvgIpc) is 3.34. The van der Waals surface area contributed by atoms with Gasteiger partial charge in [0, 0.05) is 11.3 Å². The Morgan fingerprint density at radius 3 is 2.77 bits per heavy atom. The Hall–Kier alpha value is -2.91. The molecule has 2 aromatic carbocycles. The second kappa shape index (κ2) is 6.11. The van der Waals surface area contributed by atoms with Crippen LogP contribution >= 0.6 is 23.1 Å². The van der Waals surface area contributed by atoms with E-state index in [1.54, 1.807) is 16.3 Å². The second-order valence-corrected chi connectivity index (χ2v) is 7.61. The molecule has 0 aliphatic rings. The normalized spacial score (nSPS) is 11.5. The summed E-state index contributed by atoms with van der Waals surface area (Å²) in [6, 6.07) is 15.6. The zero-order valence-corrected chi connectivity index (χ0v) is 15.1. The fraction of sp³-hybridized carbons (Fsp3) is 0.0588. The third kappa shape index (κ3) is 2.71. The summed E-state index contributed by atoms with van der Waals surface area (Å²) in [6.45, 7) is 0. The molecule has 0 unspecified atom stereocenters. The van der Waals surface area contributed by atoms with E-state index in [1.807, 2.05) is 48.5 Å². The first-order valence-corrected chi connectivity index (χ1v) is 9.71. The van der Waals surface area contributed by atoms with Crippen molar-refractivity contribution >= 4 is 44.8 Å². The number of nitrogens with two attached hydrogens (primary N) is 1. The van der Waals surface area contributed by atoms with E-state index in [9.17, 15) is 0 Å². The third-order valence-corrected chi connectivity index (χ3v) is 5.74. The van der Waals surface area contributed by atoms with Crippen molar-refractivity contribution in [2.45, 2.75) is 10.9 Å². The smallest absolute Gasteiger partial charge is 0.235 e. The van der Waals surface area contributed by atoms with E-state index in [0.717, 1.165) is 43.2 Å². The van der Waals surface area contributed by atoms with Gasteiger partial charge in [-0.3, -0.25) is 0 Å². The van der Waals surface area contributed by atoms with Gasteiger partial charge >= 0.3 is 0 Å². The van der Waals surface area contributed by atoms with Crippen molar-refractivity contribution in [2.24, 2.45) is 0 Å². The second-order valence-electron chi connectivity index (χ2n) is 5.69. The van der Waals surface area contributed by atoms with Gasteiger partial charge in [0.1, 0.15) is 5.01 Å². The lowest BCUT2D eigenvalue weighted by Crippen LogP contribution is -1.94. The number of nitrogens with zero attached hydrogens (tertiary/aromatic N) is 5. The molecule has 0 spiro atoms. The standard InChI is InChI=1S/C17H13N7S2/c18-11-7-5-10(6-8-11)15-23-24-14(21-22-17(24)26-15)9-25-16-19-12-3-1-2-4-13(12)20-16/h1-8H,9,18H2,(H,19,20). The van der Waals surface area contributed by atoms with Crippen LogP contribution in [0.5, 0.6) is 0 Å². The van der Waals surface area contributed by atoms with E-state index in [-0.39, 0.29) is 0 Å². The number of nitrogen functional groups attached to an aromatic ring is 1. The predicted octanol–water partition coefficient (Wildman–Crippen LogP) is 3.60. The number of aromatic nitrogens is 6. The molecule has 0 bridgehead atoms. The highest BCUT2D eigenvalue weighted by molar-refractivity contribution is 7.98. The summed E-state index contributed by atoms with van der Waals surface area (Å²) < 4.78 is 1.80. The van der Waals surface area contributed by atoms with E-state index in [4.69, 9.17) is 5.73 Å². The first-order chi connectivity index (χ1) is 12.8. The molecule has 7 nitrogen and oxygen atoms in total. The Labute approximate surface area is 156 Å². The maximum absolute atomic E-state index is 5.75. The lowest BCUT2D eigenvalue weighted by Gasteiger charge is -1.97. The molecule has 0 saturated heterocycles. The van der Waals surface area contributed by atoms with Crippen molar-refractivity contribution in [3.05, 3.63) is 54.4 Å². The highest BCUT2D eigenvalue weighted by atomic mass is 32.2. The quantitative estimate of drug-likeness (QED) is 0.366. The Bertz CT molecular complexity index is 1170. The zero-order valence-electron chi connectivity index (χ0n) is 13.5. The fourth-order valence-corrected chi connectivity index (χ4v) is 4.28. The molecule has 0 aliphatic carbocycles. The van der Waals surface area contributed by atoms with E-state index >= 15 is 0 Å². The summed E-state index contributed by atoms with van der Waals surface area (Å²) in [7, 11) is 0. The van der Waals surface area contributed by atoms with Gasteiger partial charge in [-0.05, 0) is 36.4 Å². The number of hydrogen-bond acceptors (Lipinski definition) is 7. The largest absolute Gasteiger partial charge is 0.399 e. The van der Waals surface area contributed by atoms with Gasteiger partial charge in [0.15, 0.2) is 11.0 Å². The Kier molecular flexibility index (Phi) is 3.61. The molecule has 0 aliphatic heterocycles. The van der Waals surface area contributed by atoms with Gasteiger partial charge in [-0.2, -0.15) is 9.61 Å². The van der Waals surface area contributed by atoms with Crippen LogP contribution in [-0.2, 0) is 5.75 Å². The van der Waals surface area contributed by atoms with Crippen LogP contribution in [0.1, 0.15) is 5.82 Å². The van der Waals surface area contributed by atoms with Crippen LogP contribution in [0, 0.1) is 0 Å². The van der Waals surface area contributed by atoms with E-state index in [2.05, 4.69) is 25.3 Å². The van der Waals surface area contributed by atoms with Gasteiger partial charge in [0.05, 0.1) is 16.8 Å². The topological polar surface area (TPSA) is 97.8 Å². The third-order valence-electron chi connectivity index (χ3n) is 3.92. The Balaban J connectivity index is 1.41. The lowest BCUT2D eigenvalue weighted by molar-refractivity contribution is 0.885. The predicted molar refractivity (Wildman–Crippen MR) is 104 cm³/mol. The monoisotopic (exact) mass is 379 g/mol. The zero-order chi connectivity index (χ0) is 17.5. The van der Waals surface area contributed by atoms with Gasteiger partial charge in [0.2, 0.25) is 4.96 Å². The molecule has 0 atom stereocenters. The molecule has 3 heterocycles. The first kappa shape index (κ1) is 15.4. The average molecular weight is 379 g/mol. The molecule has 3 N–H and O–H groups in total. The van der Waals surface area contributed by atoms with Gasteiger partial charge < -0.3 is 10.7 Å².